The third kappa shape index (κ3) is 3.13. The van der Waals surface area contributed by atoms with Crippen LogP contribution in [0.25, 0.3) is 0 Å². The van der Waals surface area contributed by atoms with E-state index in [-0.39, 0.29) is 22.8 Å². The van der Waals surface area contributed by atoms with Crippen molar-refractivity contribution in [2.75, 3.05) is 13.2 Å². The van der Waals surface area contributed by atoms with E-state index in [9.17, 15) is 4.79 Å². The Morgan fingerprint density at radius 3 is 3.00 bits per heavy atom. The number of aromatic nitrogens is 1. The molecule has 6 heteroatoms. The van der Waals surface area contributed by atoms with Crippen LogP contribution >= 0.6 is 23.2 Å². The minimum atomic E-state index is -0.304. The highest BCUT2D eigenvalue weighted by atomic mass is 35.5. The van der Waals surface area contributed by atoms with Crippen molar-refractivity contribution in [2.24, 2.45) is 5.92 Å². The summed E-state index contributed by atoms with van der Waals surface area (Å²) < 4.78 is 5.29. The van der Waals surface area contributed by atoms with Gasteiger partial charge in [0.1, 0.15) is 10.8 Å². The molecule has 0 aliphatic carbocycles. The van der Waals surface area contributed by atoms with E-state index in [0.717, 1.165) is 13.0 Å². The Labute approximate surface area is 116 Å². The number of hydrogen-bond donors (Lipinski definition) is 1. The molecular weight excluding hydrogens is 275 g/mol. The van der Waals surface area contributed by atoms with Gasteiger partial charge in [-0.05, 0) is 25.5 Å². The van der Waals surface area contributed by atoms with Gasteiger partial charge in [0.15, 0.2) is 0 Å². The first-order valence-electron chi connectivity index (χ1n) is 5.78. The highest BCUT2D eigenvalue weighted by molar-refractivity contribution is 6.34. The zero-order chi connectivity index (χ0) is 13.1. The maximum atomic E-state index is 12.0. The number of nitrogens with zero attached hydrogens (tertiary/aromatic N) is 1. The first kappa shape index (κ1) is 13.6. The number of pyridine rings is 1. The second-order valence-electron chi connectivity index (χ2n) is 4.35. The van der Waals surface area contributed by atoms with E-state index in [1.165, 1.54) is 0 Å². The summed E-state index contributed by atoms with van der Waals surface area (Å²) >= 11 is 11.7. The number of halogens is 2. The van der Waals surface area contributed by atoms with Gasteiger partial charge in [-0.3, -0.25) is 4.79 Å². The van der Waals surface area contributed by atoms with Crippen molar-refractivity contribution in [1.82, 2.24) is 10.3 Å². The van der Waals surface area contributed by atoms with Gasteiger partial charge in [0.25, 0.3) is 5.91 Å². The van der Waals surface area contributed by atoms with Gasteiger partial charge in [0.2, 0.25) is 0 Å². The number of ether oxygens (including phenoxy) is 1. The zero-order valence-corrected chi connectivity index (χ0v) is 11.5. The molecule has 1 fully saturated rings. The molecule has 4 nitrogen and oxygen atoms in total. The first-order chi connectivity index (χ1) is 8.58. The Kier molecular flexibility index (Phi) is 4.43. The van der Waals surface area contributed by atoms with E-state index in [1.54, 1.807) is 12.1 Å². The zero-order valence-electron chi connectivity index (χ0n) is 9.95. The van der Waals surface area contributed by atoms with Gasteiger partial charge in [0, 0.05) is 18.6 Å². The van der Waals surface area contributed by atoms with E-state index >= 15 is 0 Å². The second kappa shape index (κ2) is 5.87. The van der Waals surface area contributed by atoms with Crippen molar-refractivity contribution in [3.8, 4) is 0 Å². The lowest BCUT2D eigenvalue weighted by Gasteiger charge is -2.19. The van der Waals surface area contributed by atoms with E-state index in [1.807, 2.05) is 6.92 Å². The summed E-state index contributed by atoms with van der Waals surface area (Å²) in [7, 11) is 0. The number of rotatable bonds is 3. The molecule has 0 spiro atoms. The van der Waals surface area contributed by atoms with E-state index < -0.39 is 0 Å². The molecule has 1 saturated heterocycles. The Morgan fingerprint density at radius 2 is 2.33 bits per heavy atom. The van der Waals surface area contributed by atoms with E-state index in [4.69, 9.17) is 27.9 Å². The molecule has 1 aromatic heterocycles. The summed E-state index contributed by atoms with van der Waals surface area (Å²) in [5, 5.41) is 3.43. The molecule has 0 radical (unpaired) electrons. The number of carbonyl (C=O) groups excluding carboxylic acids is 1. The summed E-state index contributed by atoms with van der Waals surface area (Å²) in [5.74, 6) is 0.0359. The largest absolute Gasteiger partial charge is 0.381 e. The van der Waals surface area contributed by atoms with Crippen molar-refractivity contribution >= 4 is 29.1 Å². The molecule has 1 aromatic rings. The van der Waals surface area contributed by atoms with Crippen molar-refractivity contribution in [1.29, 1.82) is 0 Å². The molecule has 2 heterocycles. The fraction of sp³-hybridized carbons (Fsp3) is 0.500. The van der Waals surface area contributed by atoms with Crippen LogP contribution in [0.3, 0.4) is 0 Å². The predicted octanol–water partition coefficient (Wildman–Crippen LogP) is 2.54. The third-order valence-electron chi connectivity index (χ3n) is 3.06. The van der Waals surface area contributed by atoms with Crippen LogP contribution in [0.5, 0.6) is 0 Å². The number of hydrogen-bond acceptors (Lipinski definition) is 3. The van der Waals surface area contributed by atoms with Crippen LogP contribution in [-0.4, -0.2) is 30.1 Å². The van der Waals surface area contributed by atoms with Crippen LogP contribution in [0, 0.1) is 5.92 Å². The first-order valence-corrected chi connectivity index (χ1v) is 6.54. The number of nitrogens with one attached hydrogen (secondary N) is 1. The third-order valence-corrected chi connectivity index (χ3v) is 3.57. The molecule has 1 N–H and O–H groups in total. The molecule has 1 aliphatic heterocycles. The van der Waals surface area contributed by atoms with Gasteiger partial charge >= 0.3 is 0 Å². The van der Waals surface area contributed by atoms with Gasteiger partial charge in [0.05, 0.1) is 11.6 Å². The van der Waals surface area contributed by atoms with E-state index in [2.05, 4.69) is 10.3 Å². The molecule has 2 rings (SSSR count). The lowest BCUT2D eigenvalue weighted by Crippen LogP contribution is -2.38. The SMILES string of the molecule is CC(NC(=O)c1nc(Cl)ccc1Cl)C1CCOC1. The fourth-order valence-electron chi connectivity index (χ4n) is 1.92. The molecule has 0 aromatic carbocycles. The second-order valence-corrected chi connectivity index (χ2v) is 5.14. The standard InChI is InChI=1S/C12H14Cl2N2O2/c1-7(8-4-5-18-6-8)15-12(17)11-9(13)2-3-10(14)16-11/h2-3,7-8H,4-6H2,1H3,(H,15,17). The molecular formula is C12H14Cl2N2O2. The van der Waals surface area contributed by atoms with Crippen LogP contribution in [0.4, 0.5) is 0 Å². The molecule has 0 saturated carbocycles. The highest BCUT2D eigenvalue weighted by Crippen LogP contribution is 2.19. The maximum Gasteiger partial charge on any atom is 0.271 e. The minimum absolute atomic E-state index is 0.0249. The Bertz CT molecular complexity index is 448. The van der Waals surface area contributed by atoms with Crippen LogP contribution in [0.1, 0.15) is 23.8 Å². The number of amides is 1. The summed E-state index contributed by atoms with van der Waals surface area (Å²) in [6.07, 6.45) is 0.957. The minimum Gasteiger partial charge on any atom is -0.381 e. The monoisotopic (exact) mass is 288 g/mol. The smallest absolute Gasteiger partial charge is 0.271 e. The van der Waals surface area contributed by atoms with Crippen molar-refractivity contribution in [3.63, 3.8) is 0 Å². The highest BCUT2D eigenvalue weighted by Gasteiger charge is 2.25. The molecule has 1 aliphatic rings. The molecule has 2 unspecified atom stereocenters. The van der Waals surface area contributed by atoms with Crippen molar-refractivity contribution in [3.05, 3.63) is 28.0 Å². The summed E-state index contributed by atoms with van der Waals surface area (Å²) in [5.41, 5.74) is 0.162. The summed E-state index contributed by atoms with van der Waals surface area (Å²) in [4.78, 5) is 16.0. The van der Waals surface area contributed by atoms with Crippen molar-refractivity contribution in [2.45, 2.75) is 19.4 Å². The predicted molar refractivity (Wildman–Crippen MR) is 70.1 cm³/mol. The van der Waals surface area contributed by atoms with Gasteiger partial charge in [-0.1, -0.05) is 23.2 Å². The normalized spacial score (nSPS) is 20.7. The van der Waals surface area contributed by atoms with Gasteiger partial charge in [-0.15, -0.1) is 0 Å². The van der Waals surface area contributed by atoms with Crippen LogP contribution in [0.2, 0.25) is 10.2 Å². The molecule has 18 heavy (non-hydrogen) atoms. The Balaban J connectivity index is 2.04. The fourth-order valence-corrected chi connectivity index (χ4v) is 2.26. The molecule has 0 bridgehead atoms. The average molecular weight is 289 g/mol. The van der Waals surface area contributed by atoms with E-state index in [0.29, 0.717) is 17.5 Å². The topological polar surface area (TPSA) is 51.2 Å². The Morgan fingerprint density at radius 1 is 1.56 bits per heavy atom. The van der Waals surface area contributed by atoms with Gasteiger partial charge in [-0.25, -0.2) is 4.98 Å². The van der Waals surface area contributed by atoms with Crippen LogP contribution in [-0.2, 0) is 4.74 Å². The summed E-state index contributed by atoms with van der Waals surface area (Å²) in [6.45, 7) is 3.38. The quantitative estimate of drug-likeness (QED) is 0.870. The lowest BCUT2D eigenvalue weighted by molar-refractivity contribution is 0.0917. The van der Waals surface area contributed by atoms with Crippen LogP contribution < -0.4 is 5.32 Å². The maximum absolute atomic E-state index is 12.0. The van der Waals surface area contributed by atoms with Gasteiger partial charge in [-0.2, -0.15) is 0 Å². The lowest BCUT2D eigenvalue weighted by atomic mass is 10.0. The van der Waals surface area contributed by atoms with Gasteiger partial charge < -0.3 is 10.1 Å². The molecule has 2 atom stereocenters. The average Bonchev–Trinajstić information content (AvgIpc) is 2.85. The summed E-state index contributed by atoms with van der Waals surface area (Å²) in [6, 6.07) is 3.14. The van der Waals surface area contributed by atoms with Crippen molar-refractivity contribution < 1.29 is 9.53 Å². The number of carbonyl (C=O) groups is 1. The van der Waals surface area contributed by atoms with Crippen LogP contribution in [0.15, 0.2) is 12.1 Å². The molecule has 98 valence electrons. The molecule has 1 amide bonds. The Hall–Kier alpha value is -0.840.